The molecule has 0 spiro atoms. The van der Waals surface area contributed by atoms with Gasteiger partial charge in [0.05, 0.1) is 5.69 Å². The van der Waals surface area contributed by atoms with Gasteiger partial charge in [0.1, 0.15) is 0 Å². The van der Waals surface area contributed by atoms with Gasteiger partial charge >= 0.3 is 0 Å². The molecule has 3 nitrogen and oxygen atoms in total. The Bertz CT molecular complexity index is 567. The van der Waals surface area contributed by atoms with Gasteiger partial charge in [-0.05, 0) is 57.5 Å². The average Bonchev–Trinajstić information content (AvgIpc) is 2.74. The number of nitrogens with zero attached hydrogens (tertiary/aromatic N) is 2. The van der Waals surface area contributed by atoms with Crippen LogP contribution >= 0.6 is 0 Å². The molecule has 3 heteroatoms. The molecule has 0 bridgehead atoms. The van der Waals surface area contributed by atoms with Crippen LogP contribution in [0, 0.1) is 13.8 Å². The summed E-state index contributed by atoms with van der Waals surface area (Å²) in [4.78, 5) is 0. The highest BCUT2D eigenvalue weighted by atomic mass is 15.3. The number of hydrogen-bond acceptors (Lipinski definition) is 2. The Balaban J connectivity index is 2.48. The van der Waals surface area contributed by atoms with Crippen molar-refractivity contribution in [3.63, 3.8) is 0 Å². The zero-order chi connectivity index (χ0) is 14.0. The third-order valence-corrected chi connectivity index (χ3v) is 3.42. The number of rotatable bonds is 4. The van der Waals surface area contributed by atoms with Crippen molar-refractivity contribution in [3.05, 3.63) is 41.2 Å². The zero-order valence-electron chi connectivity index (χ0n) is 12.5. The lowest BCUT2D eigenvalue weighted by Gasteiger charge is -2.08. The topological polar surface area (TPSA) is 29.9 Å². The summed E-state index contributed by atoms with van der Waals surface area (Å²) in [5, 5.41) is 7.80. The number of hydrogen-bond donors (Lipinski definition) is 1. The van der Waals surface area contributed by atoms with Gasteiger partial charge < -0.3 is 5.32 Å². The maximum Gasteiger partial charge on any atom is 0.0672 e. The highest BCUT2D eigenvalue weighted by molar-refractivity contribution is 5.69. The summed E-state index contributed by atoms with van der Waals surface area (Å²) in [6.07, 6.45) is 2.16. The molecule has 2 aromatic rings. The van der Waals surface area contributed by atoms with Crippen LogP contribution in [0.3, 0.4) is 0 Å². The fourth-order valence-corrected chi connectivity index (χ4v) is 2.28. The molecule has 1 aromatic carbocycles. The van der Waals surface area contributed by atoms with Crippen LogP contribution in [0.5, 0.6) is 0 Å². The van der Waals surface area contributed by atoms with E-state index < -0.39 is 0 Å². The van der Waals surface area contributed by atoms with Gasteiger partial charge in [0.15, 0.2) is 0 Å². The molecule has 0 saturated carbocycles. The molecular formula is C16H23N3. The van der Waals surface area contributed by atoms with Crippen molar-refractivity contribution in [1.29, 1.82) is 0 Å². The van der Waals surface area contributed by atoms with Crippen LogP contribution in [0.25, 0.3) is 11.1 Å². The molecule has 1 heterocycles. The van der Waals surface area contributed by atoms with E-state index in [0.29, 0.717) is 6.04 Å². The zero-order valence-corrected chi connectivity index (χ0v) is 12.5. The van der Waals surface area contributed by atoms with Gasteiger partial charge in [0, 0.05) is 24.3 Å². The highest BCUT2D eigenvalue weighted by Gasteiger charge is 2.11. The predicted molar refractivity (Wildman–Crippen MR) is 80.3 cm³/mol. The third kappa shape index (κ3) is 2.87. The summed E-state index contributed by atoms with van der Waals surface area (Å²) in [6, 6.07) is 7.03. The van der Waals surface area contributed by atoms with Crippen LogP contribution in [0.1, 0.15) is 36.7 Å². The second-order valence-electron chi connectivity index (χ2n) is 5.38. The van der Waals surface area contributed by atoms with E-state index in [-0.39, 0.29) is 0 Å². The van der Waals surface area contributed by atoms with E-state index in [1.165, 1.54) is 22.3 Å². The molecule has 0 saturated heterocycles. The minimum Gasteiger partial charge on any atom is -0.316 e. The SMILES string of the molecule is CNCc1ccc(C)c(-c2cn(C(C)C)nc2C)c1. The molecule has 0 radical (unpaired) electrons. The third-order valence-electron chi connectivity index (χ3n) is 3.42. The summed E-state index contributed by atoms with van der Waals surface area (Å²) in [5.74, 6) is 0. The largest absolute Gasteiger partial charge is 0.316 e. The number of aryl methyl sites for hydroxylation is 2. The van der Waals surface area contributed by atoms with Crippen molar-refractivity contribution >= 4 is 0 Å². The van der Waals surface area contributed by atoms with Crippen LogP contribution in [-0.4, -0.2) is 16.8 Å². The number of benzene rings is 1. The van der Waals surface area contributed by atoms with Crippen LogP contribution in [-0.2, 0) is 6.54 Å². The van der Waals surface area contributed by atoms with Gasteiger partial charge in [-0.3, -0.25) is 4.68 Å². The molecule has 0 amide bonds. The first-order valence-electron chi connectivity index (χ1n) is 6.83. The Morgan fingerprint density at radius 3 is 2.53 bits per heavy atom. The normalized spacial score (nSPS) is 11.3. The van der Waals surface area contributed by atoms with Crippen molar-refractivity contribution in [2.75, 3.05) is 7.05 Å². The van der Waals surface area contributed by atoms with Crippen LogP contribution in [0.4, 0.5) is 0 Å². The first kappa shape index (κ1) is 13.8. The second-order valence-corrected chi connectivity index (χ2v) is 5.38. The number of nitrogens with one attached hydrogen (secondary N) is 1. The first-order chi connectivity index (χ1) is 9.02. The molecule has 19 heavy (non-hydrogen) atoms. The molecule has 0 unspecified atom stereocenters. The molecule has 1 N–H and O–H groups in total. The lowest BCUT2D eigenvalue weighted by atomic mass is 9.98. The van der Waals surface area contributed by atoms with E-state index in [0.717, 1.165) is 12.2 Å². The maximum absolute atomic E-state index is 4.60. The molecule has 2 rings (SSSR count). The summed E-state index contributed by atoms with van der Waals surface area (Å²) < 4.78 is 2.04. The van der Waals surface area contributed by atoms with Crippen molar-refractivity contribution in [2.24, 2.45) is 0 Å². The highest BCUT2D eigenvalue weighted by Crippen LogP contribution is 2.28. The molecule has 0 atom stereocenters. The summed E-state index contributed by atoms with van der Waals surface area (Å²) in [6.45, 7) is 9.44. The van der Waals surface area contributed by atoms with E-state index in [2.05, 4.69) is 62.5 Å². The van der Waals surface area contributed by atoms with Gasteiger partial charge in [-0.15, -0.1) is 0 Å². The van der Waals surface area contributed by atoms with Crippen LogP contribution in [0.2, 0.25) is 0 Å². The van der Waals surface area contributed by atoms with Gasteiger partial charge in [-0.1, -0.05) is 12.1 Å². The smallest absolute Gasteiger partial charge is 0.0672 e. The van der Waals surface area contributed by atoms with E-state index in [1.807, 2.05) is 11.7 Å². The van der Waals surface area contributed by atoms with Crippen molar-refractivity contribution in [1.82, 2.24) is 15.1 Å². The summed E-state index contributed by atoms with van der Waals surface area (Å²) in [5.41, 5.74) is 6.23. The fourth-order valence-electron chi connectivity index (χ4n) is 2.28. The van der Waals surface area contributed by atoms with E-state index in [4.69, 9.17) is 0 Å². The minimum absolute atomic E-state index is 0.397. The lowest BCUT2D eigenvalue weighted by Crippen LogP contribution is -2.05. The Morgan fingerprint density at radius 1 is 1.21 bits per heavy atom. The average molecular weight is 257 g/mol. The number of aromatic nitrogens is 2. The monoisotopic (exact) mass is 257 g/mol. The van der Waals surface area contributed by atoms with Gasteiger partial charge in [-0.25, -0.2) is 0 Å². The van der Waals surface area contributed by atoms with Gasteiger partial charge in [0.2, 0.25) is 0 Å². The Hall–Kier alpha value is -1.61. The predicted octanol–water partition coefficient (Wildman–Crippen LogP) is 3.47. The maximum atomic E-state index is 4.60. The summed E-state index contributed by atoms with van der Waals surface area (Å²) >= 11 is 0. The van der Waals surface area contributed by atoms with Crippen molar-refractivity contribution in [3.8, 4) is 11.1 Å². The Kier molecular flexibility index (Phi) is 4.05. The second kappa shape index (κ2) is 5.57. The molecule has 0 aliphatic rings. The van der Waals surface area contributed by atoms with E-state index >= 15 is 0 Å². The lowest BCUT2D eigenvalue weighted by molar-refractivity contribution is 0.529. The van der Waals surface area contributed by atoms with Crippen LogP contribution in [0.15, 0.2) is 24.4 Å². The Labute approximate surface area is 115 Å². The first-order valence-corrected chi connectivity index (χ1v) is 6.83. The van der Waals surface area contributed by atoms with Crippen molar-refractivity contribution < 1.29 is 0 Å². The molecule has 0 fully saturated rings. The molecular weight excluding hydrogens is 234 g/mol. The molecule has 0 aliphatic heterocycles. The van der Waals surface area contributed by atoms with Gasteiger partial charge in [-0.2, -0.15) is 5.10 Å². The van der Waals surface area contributed by atoms with Crippen molar-refractivity contribution in [2.45, 2.75) is 40.3 Å². The fraction of sp³-hybridized carbons (Fsp3) is 0.438. The Morgan fingerprint density at radius 2 is 1.95 bits per heavy atom. The molecule has 0 aliphatic carbocycles. The van der Waals surface area contributed by atoms with E-state index in [9.17, 15) is 0 Å². The van der Waals surface area contributed by atoms with E-state index in [1.54, 1.807) is 0 Å². The molecule has 102 valence electrons. The standard InChI is InChI=1S/C16H23N3/c1-11(2)19-10-16(13(4)18-19)15-8-14(9-17-5)7-6-12(15)3/h6-8,10-11,17H,9H2,1-5H3. The molecule has 1 aromatic heterocycles. The minimum atomic E-state index is 0.397. The van der Waals surface area contributed by atoms with Gasteiger partial charge in [0.25, 0.3) is 0 Å². The van der Waals surface area contributed by atoms with Crippen LogP contribution < -0.4 is 5.32 Å². The summed E-state index contributed by atoms with van der Waals surface area (Å²) in [7, 11) is 1.97. The quantitative estimate of drug-likeness (QED) is 0.909.